The molecule has 1 saturated heterocycles. The largest absolute Gasteiger partial charge is 0.501 e. The Balaban J connectivity index is 0.00000235. The molecule has 37 heavy (non-hydrogen) atoms. The summed E-state index contributed by atoms with van der Waals surface area (Å²) in [7, 11) is 0. The Kier molecular flexibility index (Phi) is 12.0. The molecule has 5 nitrogen and oxygen atoms in total. The van der Waals surface area contributed by atoms with Crippen molar-refractivity contribution in [1.82, 2.24) is 4.90 Å². The van der Waals surface area contributed by atoms with Gasteiger partial charge in [0.15, 0.2) is 0 Å². The van der Waals surface area contributed by atoms with E-state index in [1.165, 1.54) is 11.1 Å². The van der Waals surface area contributed by atoms with Crippen LogP contribution in [-0.2, 0) is 9.47 Å². The van der Waals surface area contributed by atoms with E-state index in [1.54, 1.807) is 6.26 Å². The summed E-state index contributed by atoms with van der Waals surface area (Å²) in [6.07, 6.45) is 10.3. The Labute approximate surface area is 229 Å². The Morgan fingerprint density at radius 3 is 2.43 bits per heavy atom. The predicted octanol–water partition coefficient (Wildman–Crippen LogP) is 8.80. The van der Waals surface area contributed by atoms with Crippen molar-refractivity contribution in [1.29, 1.82) is 0 Å². The Morgan fingerprint density at radius 1 is 1.19 bits per heavy atom. The van der Waals surface area contributed by atoms with Crippen LogP contribution in [0.2, 0.25) is 5.02 Å². The number of carbonyl (C=O) groups excluding carboxylic acids is 1. The van der Waals surface area contributed by atoms with Crippen LogP contribution in [0.1, 0.15) is 91.7 Å². The normalized spacial score (nSPS) is 18.8. The first kappa shape index (κ1) is 30.7. The molecule has 1 fully saturated rings. The number of piperidine rings is 1. The molecule has 204 valence electrons. The molecule has 2 aliphatic rings. The van der Waals surface area contributed by atoms with Crippen LogP contribution in [0.5, 0.6) is 0 Å². The maximum absolute atomic E-state index is 12.6. The summed E-state index contributed by atoms with van der Waals surface area (Å²) < 4.78 is 11.1. The van der Waals surface area contributed by atoms with Gasteiger partial charge in [-0.3, -0.25) is 4.99 Å². The van der Waals surface area contributed by atoms with Gasteiger partial charge in [-0.05, 0) is 106 Å². The Morgan fingerprint density at radius 2 is 1.86 bits per heavy atom. The summed E-state index contributed by atoms with van der Waals surface area (Å²) in [6, 6.07) is 6.16. The third-order valence-electron chi connectivity index (χ3n) is 6.44. The lowest BCUT2D eigenvalue weighted by Gasteiger charge is -2.37. The van der Waals surface area contributed by atoms with Crippen molar-refractivity contribution in [2.75, 3.05) is 19.7 Å². The lowest BCUT2D eigenvalue weighted by atomic mass is 9.76. The molecular weight excluding hydrogens is 484 g/mol. The van der Waals surface area contributed by atoms with Crippen LogP contribution in [0.25, 0.3) is 6.08 Å². The molecule has 6 heteroatoms. The number of nitrogens with zero attached hydrogens (tertiary/aromatic N) is 2. The van der Waals surface area contributed by atoms with E-state index in [2.05, 4.69) is 19.1 Å². The van der Waals surface area contributed by atoms with E-state index in [9.17, 15) is 4.79 Å². The number of likely N-dealkylation sites (tertiary alicyclic amines) is 1. The molecule has 0 spiro atoms. The van der Waals surface area contributed by atoms with Gasteiger partial charge in [0.1, 0.15) is 5.60 Å². The maximum atomic E-state index is 12.6. The number of benzene rings is 1. The minimum atomic E-state index is -0.494. The smallest absolute Gasteiger partial charge is 0.410 e. The lowest BCUT2D eigenvalue weighted by Crippen LogP contribution is -2.42. The number of hydrogen-bond acceptors (Lipinski definition) is 4. The number of aliphatic imine (C=N–C) groups is 1. The first-order valence-corrected chi connectivity index (χ1v) is 14.1. The minimum absolute atomic E-state index is 0.114. The van der Waals surface area contributed by atoms with Crippen LogP contribution in [0.4, 0.5) is 4.79 Å². The Hall–Kier alpha value is -2.53. The van der Waals surface area contributed by atoms with Crippen molar-refractivity contribution >= 4 is 30.0 Å². The number of fused-ring (bicyclic) bond motifs is 1. The van der Waals surface area contributed by atoms with Crippen molar-refractivity contribution in [3.05, 3.63) is 63.5 Å². The van der Waals surface area contributed by atoms with Crippen LogP contribution >= 0.6 is 11.6 Å². The summed E-state index contributed by atoms with van der Waals surface area (Å²) in [6.45, 7) is 17.8. The molecule has 0 saturated carbocycles. The van der Waals surface area contributed by atoms with E-state index >= 15 is 0 Å². The number of hydrogen-bond donors (Lipinski definition) is 0. The van der Waals surface area contributed by atoms with Gasteiger partial charge in [0, 0.05) is 30.2 Å². The van der Waals surface area contributed by atoms with Crippen LogP contribution in [0.15, 0.2) is 52.4 Å². The molecule has 1 aromatic carbocycles. The number of amides is 1. The monoisotopic (exact) mass is 528 g/mol. The minimum Gasteiger partial charge on any atom is -0.501 e. The fourth-order valence-corrected chi connectivity index (χ4v) is 5.14. The zero-order valence-electron chi connectivity index (χ0n) is 23.9. The van der Waals surface area contributed by atoms with E-state index in [4.69, 9.17) is 26.1 Å². The number of carbonyl (C=O) groups is 1. The van der Waals surface area contributed by atoms with E-state index in [0.717, 1.165) is 36.1 Å². The summed E-state index contributed by atoms with van der Waals surface area (Å²) in [5.74, 6) is 0.459. The molecule has 0 radical (unpaired) electrons. The SMILES string of the molecule is CC.CC=NC1=C(CC)C(/C=C/OCC)=Cc2cc(Cl)ccc2C1C1CCN(C(=O)OC(C)(C)C)CC1. The molecule has 0 N–H and O–H groups in total. The third kappa shape index (κ3) is 8.23. The maximum Gasteiger partial charge on any atom is 0.410 e. The van der Waals surface area contributed by atoms with Crippen molar-refractivity contribution in [2.45, 2.75) is 86.2 Å². The average Bonchev–Trinajstić information content (AvgIpc) is 2.98. The molecule has 1 aliphatic carbocycles. The first-order chi connectivity index (χ1) is 17.7. The Bertz CT molecular complexity index is 1030. The van der Waals surface area contributed by atoms with Gasteiger partial charge >= 0.3 is 6.09 Å². The summed E-state index contributed by atoms with van der Waals surface area (Å²) in [4.78, 5) is 19.4. The molecular formula is C31H45ClN2O3. The molecule has 0 bridgehead atoms. The second-order valence-corrected chi connectivity index (χ2v) is 10.5. The highest BCUT2D eigenvalue weighted by Gasteiger charge is 2.36. The molecule has 0 aromatic heterocycles. The van der Waals surface area contributed by atoms with Crippen LogP contribution in [-0.4, -0.2) is 42.5 Å². The topological polar surface area (TPSA) is 51.1 Å². The van der Waals surface area contributed by atoms with Gasteiger partial charge < -0.3 is 14.4 Å². The zero-order valence-corrected chi connectivity index (χ0v) is 24.7. The van der Waals surface area contributed by atoms with Crippen molar-refractivity contribution in [2.24, 2.45) is 10.9 Å². The standard InChI is InChI=1S/C29H39ClN2O3.C2H6/c1-7-24-21(14-17-34-9-3)18-22-19-23(30)10-11-25(22)26(27(24)31-8-2)20-12-15-32(16-13-20)28(33)35-29(4,5)6;1-2/h8,10-11,14,17-20,26H,7,9,12-13,15-16H2,1-6H3;1-2H3/b17-14+,31-8?;. The fraction of sp³-hybridized carbons (Fsp3) is 0.548. The van der Waals surface area contributed by atoms with E-state index in [-0.39, 0.29) is 12.0 Å². The highest BCUT2D eigenvalue weighted by atomic mass is 35.5. The van der Waals surface area contributed by atoms with Crippen molar-refractivity contribution in [3.63, 3.8) is 0 Å². The number of ether oxygens (including phenoxy) is 2. The van der Waals surface area contributed by atoms with Gasteiger partial charge in [0.25, 0.3) is 0 Å². The van der Waals surface area contributed by atoms with Gasteiger partial charge in [0.2, 0.25) is 0 Å². The number of halogens is 1. The molecule has 1 unspecified atom stereocenters. The van der Waals surface area contributed by atoms with Crippen LogP contribution in [0, 0.1) is 5.92 Å². The van der Waals surface area contributed by atoms with Crippen molar-refractivity contribution < 1.29 is 14.3 Å². The van der Waals surface area contributed by atoms with Crippen LogP contribution < -0.4 is 0 Å². The van der Waals surface area contributed by atoms with Gasteiger partial charge in [-0.25, -0.2) is 4.79 Å². The average molecular weight is 529 g/mol. The predicted molar refractivity (Wildman–Crippen MR) is 156 cm³/mol. The lowest BCUT2D eigenvalue weighted by molar-refractivity contribution is 0.0178. The number of rotatable bonds is 6. The van der Waals surface area contributed by atoms with Gasteiger partial charge in [-0.15, -0.1) is 0 Å². The third-order valence-corrected chi connectivity index (χ3v) is 6.68. The van der Waals surface area contributed by atoms with Gasteiger partial charge in [0.05, 0.1) is 18.6 Å². The zero-order chi connectivity index (χ0) is 27.6. The van der Waals surface area contributed by atoms with E-state index in [0.29, 0.717) is 30.6 Å². The molecule has 1 aliphatic heterocycles. The second-order valence-electron chi connectivity index (χ2n) is 10.0. The molecule has 1 atom stereocenters. The van der Waals surface area contributed by atoms with Gasteiger partial charge in [-0.2, -0.15) is 0 Å². The summed E-state index contributed by atoms with van der Waals surface area (Å²) >= 11 is 6.44. The molecule has 3 rings (SSSR count). The number of allylic oxidation sites excluding steroid dienone is 4. The second kappa shape index (κ2) is 14.4. The van der Waals surface area contributed by atoms with Crippen LogP contribution in [0.3, 0.4) is 0 Å². The molecule has 1 aromatic rings. The fourth-order valence-electron chi connectivity index (χ4n) is 4.96. The summed E-state index contributed by atoms with van der Waals surface area (Å²) in [5.41, 5.74) is 5.26. The molecule has 1 heterocycles. The highest BCUT2D eigenvalue weighted by molar-refractivity contribution is 6.30. The van der Waals surface area contributed by atoms with Crippen molar-refractivity contribution in [3.8, 4) is 0 Å². The highest BCUT2D eigenvalue weighted by Crippen LogP contribution is 2.46. The van der Waals surface area contributed by atoms with E-state index < -0.39 is 5.60 Å². The summed E-state index contributed by atoms with van der Waals surface area (Å²) in [5, 5.41) is 0.715. The quantitative estimate of drug-likeness (QED) is 0.274. The van der Waals surface area contributed by atoms with Gasteiger partial charge in [-0.1, -0.05) is 38.4 Å². The van der Waals surface area contributed by atoms with E-state index in [1.807, 2.05) is 77.8 Å². The first-order valence-electron chi connectivity index (χ1n) is 13.7. The molecule has 1 amide bonds.